The maximum absolute atomic E-state index is 13.9. The minimum Gasteiger partial charge on any atom is -0.491 e. The van der Waals surface area contributed by atoms with Gasteiger partial charge in [0.15, 0.2) is 22.5 Å². The number of methoxy groups -OCH3 is 1. The van der Waals surface area contributed by atoms with E-state index in [-0.39, 0.29) is 11.0 Å². The molecule has 0 aromatic heterocycles. The number of rotatable bonds is 4. The van der Waals surface area contributed by atoms with Crippen LogP contribution in [0.4, 0.5) is 28.9 Å². The summed E-state index contributed by atoms with van der Waals surface area (Å²) in [7, 11) is 0.816. The van der Waals surface area contributed by atoms with Crippen molar-refractivity contribution in [3.63, 3.8) is 0 Å². The molecule has 2 rings (SSSR count). The van der Waals surface area contributed by atoms with Crippen molar-refractivity contribution in [2.75, 3.05) is 17.7 Å². The number of anilines is 2. The molecule has 0 aliphatic rings. The number of hydrogen-bond acceptors (Lipinski definition) is 4. The van der Waals surface area contributed by atoms with Crippen molar-refractivity contribution in [3.05, 3.63) is 53.1 Å². The van der Waals surface area contributed by atoms with Crippen molar-refractivity contribution in [2.45, 2.75) is 6.92 Å². The van der Waals surface area contributed by atoms with Gasteiger partial charge >= 0.3 is 0 Å². The highest BCUT2D eigenvalue weighted by molar-refractivity contribution is 7.80. The highest BCUT2D eigenvalue weighted by atomic mass is 32.1. The van der Waals surface area contributed by atoms with Gasteiger partial charge in [0.05, 0.1) is 7.11 Å². The van der Waals surface area contributed by atoms with Crippen molar-refractivity contribution in [1.29, 1.82) is 0 Å². The lowest BCUT2D eigenvalue weighted by molar-refractivity contribution is -0.114. The van der Waals surface area contributed by atoms with Gasteiger partial charge < -0.3 is 15.4 Å². The molecule has 28 heavy (non-hydrogen) atoms. The average Bonchev–Trinajstić information content (AvgIpc) is 2.62. The van der Waals surface area contributed by atoms with Crippen LogP contribution in [0.3, 0.4) is 0 Å². The standard InChI is InChI=1S/C17H13F4N3O3S/c1-7(25)22-8-3-5-9(6-4-8)23-17(28)24-16(26)10-11(18)13(20)15(27-2)14(21)12(10)19/h3-6H,1-2H3,(H,22,25)(H2,23,24,26,28). The summed E-state index contributed by atoms with van der Waals surface area (Å²) in [6.45, 7) is 1.33. The number of amides is 2. The van der Waals surface area contributed by atoms with Gasteiger partial charge in [-0.1, -0.05) is 0 Å². The van der Waals surface area contributed by atoms with E-state index in [1.165, 1.54) is 31.2 Å². The number of carbonyl (C=O) groups excluding carboxylic acids is 2. The topological polar surface area (TPSA) is 79.5 Å². The van der Waals surface area contributed by atoms with E-state index in [1.54, 1.807) is 0 Å². The number of ether oxygens (including phenoxy) is 1. The molecule has 0 heterocycles. The summed E-state index contributed by atoms with van der Waals surface area (Å²) in [6.07, 6.45) is 0. The molecule has 0 unspecified atom stereocenters. The molecule has 0 aliphatic carbocycles. The van der Waals surface area contributed by atoms with Gasteiger partial charge in [-0.3, -0.25) is 14.9 Å². The molecule has 3 N–H and O–H groups in total. The quantitative estimate of drug-likeness (QED) is 0.406. The van der Waals surface area contributed by atoms with Crippen molar-refractivity contribution < 1.29 is 31.9 Å². The fraction of sp³-hybridized carbons (Fsp3) is 0.118. The van der Waals surface area contributed by atoms with E-state index in [1.807, 2.05) is 5.32 Å². The first kappa shape index (κ1) is 21.1. The first-order valence-corrected chi connectivity index (χ1v) is 7.96. The molecule has 0 radical (unpaired) electrons. The average molecular weight is 415 g/mol. The van der Waals surface area contributed by atoms with Crippen molar-refractivity contribution >= 4 is 40.5 Å². The van der Waals surface area contributed by atoms with E-state index in [9.17, 15) is 27.2 Å². The molecule has 0 saturated carbocycles. The Labute approximate surface area is 161 Å². The Kier molecular flexibility index (Phi) is 6.52. The minimum atomic E-state index is -1.92. The normalized spacial score (nSPS) is 10.2. The zero-order chi connectivity index (χ0) is 21.0. The van der Waals surface area contributed by atoms with Crippen molar-refractivity contribution in [3.8, 4) is 5.75 Å². The van der Waals surface area contributed by atoms with Gasteiger partial charge in [0.1, 0.15) is 5.56 Å². The molecule has 148 valence electrons. The van der Waals surface area contributed by atoms with Gasteiger partial charge in [-0.2, -0.15) is 8.78 Å². The summed E-state index contributed by atoms with van der Waals surface area (Å²) >= 11 is 4.85. The van der Waals surface area contributed by atoms with E-state index in [0.29, 0.717) is 11.4 Å². The number of nitrogens with one attached hydrogen (secondary N) is 3. The Morgan fingerprint density at radius 3 is 1.79 bits per heavy atom. The van der Waals surface area contributed by atoms with Gasteiger partial charge in [0.25, 0.3) is 5.91 Å². The molecule has 2 aromatic carbocycles. The number of hydrogen-bond donors (Lipinski definition) is 3. The first-order chi connectivity index (χ1) is 13.1. The zero-order valence-corrected chi connectivity index (χ0v) is 15.3. The molecular formula is C17H13F4N3O3S. The summed E-state index contributed by atoms with van der Waals surface area (Å²) in [6, 6.07) is 6.05. The third-order valence-corrected chi connectivity index (χ3v) is 3.55. The lowest BCUT2D eigenvalue weighted by Gasteiger charge is -2.13. The minimum absolute atomic E-state index is 0.272. The molecule has 0 saturated heterocycles. The molecule has 0 bridgehead atoms. The molecular weight excluding hydrogens is 402 g/mol. The third kappa shape index (κ3) is 4.55. The first-order valence-electron chi connectivity index (χ1n) is 7.55. The largest absolute Gasteiger partial charge is 0.491 e. The number of carbonyl (C=O) groups is 2. The van der Waals surface area contributed by atoms with Gasteiger partial charge in [-0.25, -0.2) is 8.78 Å². The van der Waals surface area contributed by atoms with Gasteiger partial charge in [0.2, 0.25) is 17.5 Å². The summed E-state index contributed by atoms with van der Waals surface area (Å²) < 4.78 is 59.6. The molecule has 2 aromatic rings. The lowest BCUT2D eigenvalue weighted by Crippen LogP contribution is -2.35. The van der Waals surface area contributed by atoms with Gasteiger partial charge in [-0.05, 0) is 36.5 Å². The van der Waals surface area contributed by atoms with Crippen LogP contribution in [-0.4, -0.2) is 24.0 Å². The smallest absolute Gasteiger partial charge is 0.263 e. The molecule has 0 aliphatic heterocycles. The third-order valence-electron chi connectivity index (χ3n) is 3.34. The van der Waals surface area contributed by atoms with E-state index < -0.39 is 40.5 Å². The Morgan fingerprint density at radius 2 is 1.36 bits per heavy atom. The SMILES string of the molecule is COc1c(F)c(F)c(C(=O)NC(=S)Nc2ccc(NC(C)=O)cc2)c(F)c1F. The molecule has 6 nitrogen and oxygen atoms in total. The lowest BCUT2D eigenvalue weighted by atomic mass is 10.1. The van der Waals surface area contributed by atoms with E-state index in [2.05, 4.69) is 15.4 Å². The molecule has 0 spiro atoms. The van der Waals surface area contributed by atoms with Gasteiger partial charge in [0, 0.05) is 18.3 Å². The van der Waals surface area contributed by atoms with Crippen LogP contribution in [0.2, 0.25) is 0 Å². The fourth-order valence-corrected chi connectivity index (χ4v) is 2.37. The van der Waals surface area contributed by atoms with E-state index in [0.717, 1.165) is 7.11 Å². The second-order valence-corrected chi connectivity index (χ2v) is 5.74. The predicted octanol–water partition coefficient (Wildman–Crippen LogP) is 3.34. The van der Waals surface area contributed by atoms with E-state index in [4.69, 9.17) is 12.2 Å². The van der Waals surface area contributed by atoms with Crippen LogP contribution in [0, 0.1) is 23.3 Å². The second kappa shape index (κ2) is 8.65. The van der Waals surface area contributed by atoms with Crippen LogP contribution < -0.4 is 20.7 Å². The van der Waals surface area contributed by atoms with Crippen molar-refractivity contribution in [2.24, 2.45) is 0 Å². The second-order valence-electron chi connectivity index (χ2n) is 5.33. The molecule has 11 heteroatoms. The number of halogens is 4. The maximum atomic E-state index is 13.9. The molecule has 2 amide bonds. The maximum Gasteiger partial charge on any atom is 0.263 e. The number of benzene rings is 2. The Hall–Kier alpha value is -3.21. The van der Waals surface area contributed by atoms with E-state index >= 15 is 0 Å². The van der Waals surface area contributed by atoms with Crippen molar-refractivity contribution in [1.82, 2.24) is 5.32 Å². The Balaban J connectivity index is 2.15. The Morgan fingerprint density at radius 1 is 0.893 bits per heavy atom. The summed E-state index contributed by atoms with van der Waals surface area (Å²) in [4.78, 5) is 23.0. The monoisotopic (exact) mass is 415 g/mol. The highest BCUT2D eigenvalue weighted by Gasteiger charge is 2.30. The van der Waals surface area contributed by atoms with Crippen LogP contribution in [0.1, 0.15) is 17.3 Å². The fourth-order valence-electron chi connectivity index (χ4n) is 2.16. The predicted molar refractivity (Wildman–Crippen MR) is 97.3 cm³/mol. The zero-order valence-electron chi connectivity index (χ0n) is 14.5. The molecule has 0 atom stereocenters. The van der Waals surface area contributed by atoms with Crippen LogP contribution in [0.5, 0.6) is 5.75 Å². The van der Waals surface area contributed by atoms with Gasteiger partial charge in [-0.15, -0.1) is 0 Å². The number of thiocarbonyl (C=S) groups is 1. The van der Waals surface area contributed by atoms with Crippen LogP contribution in [-0.2, 0) is 4.79 Å². The van der Waals surface area contributed by atoms with Crippen LogP contribution in [0.25, 0.3) is 0 Å². The summed E-state index contributed by atoms with van der Waals surface area (Å²) in [5, 5.41) is 6.62. The van der Waals surface area contributed by atoms with Crippen LogP contribution >= 0.6 is 12.2 Å². The highest BCUT2D eigenvalue weighted by Crippen LogP contribution is 2.29. The molecule has 0 fully saturated rings. The Bertz CT molecular complexity index is 923. The summed E-state index contributed by atoms with van der Waals surface area (Å²) in [5.41, 5.74) is -0.616. The summed E-state index contributed by atoms with van der Waals surface area (Å²) in [5.74, 6) is -10.6. The van der Waals surface area contributed by atoms with Crippen LogP contribution in [0.15, 0.2) is 24.3 Å².